The fourth-order valence-electron chi connectivity index (χ4n) is 1.34. The molecule has 15 heavy (non-hydrogen) atoms. The van der Waals surface area contributed by atoms with Crippen molar-refractivity contribution in [2.24, 2.45) is 0 Å². The van der Waals surface area contributed by atoms with Crippen LogP contribution >= 0.6 is 15.9 Å². The molecule has 0 radical (unpaired) electrons. The molecule has 0 aliphatic heterocycles. The molecule has 0 aliphatic carbocycles. The smallest absolute Gasteiger partial charge is 0.349 e. The summed E-state index contributed by atoms with van der Waals surface area (Å²) in [6.45, 7) is 4.02. The molecule has 0 aliphatic rings. The predicted molar refractivity (Wildman–Crippen MR) is 59.8 cm³/mol. The molecule has 6 nitrogen and oxygen atoms in total. The van der Waals surface area contributed by atoms with Crippen molar-refractivity contribution < 1.29 is 0 Å². The number of hydrogen-bond donors (Lipinski definition) is 2. The molecule has 0 atom stereocenters. The van der Waals surface area contributed by atoms with Crippen molar-refractivity contribution in [3.63, 3.8) is 0 Å². The number of rotatable bonds is 1. The van der Waals surface area contributed by atoms with Crippen molar-refractivity contribution in [3.8, 4) is 0 Å². The third-order valence-electron chi connectivity index (χ3n) is 2.06. The van der Waals surface area contributed by atoms with E-state index in [-0.39, 0.29) is 11.9 Å². The highest BCUT2D eigenvalue weighted by atomic mass is 79.9. The topological polar surface area (TPSA) is 89.1 Å². The number of nitrogen functional groups attached to an aromatic ring is 1. The second-order valence-electron chi connectivity index (χ2n) is 3.51. The zero-order valence-electron chi connectivity index (χ0n) is 8.28. The van der Waals surface area contributed by atoms with Crippen molar-refractivity contribution >= 4 is 27.5 Å². The maximum absolute atomic E-state index is 11.1. The van der Waals surface area contributed by atoms with Crippen LogP contribution in [-0.2, 0) is 0 Å². The summed E-state index contributed by atoms with van der Waals surface area (Å²) in [6.07, 6.45) is 0. The zero-order valence-corrected chi connectivity index (χ0v) is 9.87. The third kappa shape index (κ3) is 1.52. The highest BCUT2D eigenvalue weighted by Crippen LogP contribution is 2.26. The first-order valence-corrected chi connectivity index (χ1v) is 5.24. The number of fused-ring (bicyclic) bond motifs is 1. The molecule has 0 bridgehead atoms. The van der Waals surface area contributed by atoms with Crippen LogP contribution < -0.4 is 11.4 Å². The van der Waals surface area contributed by atoms with Gasteiger partial charge in [0.1, 0.15) is 0 Å². The number of nitrogens with zero attached hydrogens (tertiary/aromatic N) is 3. The fourth-order valence-corrected chi connectivity index (χ4v) is 2.14. The average Bonchev–Trinajstić information content (AvgIpc) is 2.44. The van der Waals surface area contributed by atoms with Gasteiger partial charge in [0, 0.05) is 0 Å². The van der Waals surface area contributed by atoms with Gasteiger partial charge in [-0.1, -0.05) is 13.8 Å². The SMILES string of the molecule is CC(C)c1nn2c(N)nc(=O)[nH]c2c1Br. The molecular formula is C8H10BrN5O. The van der Waals surface area contributed by atoms with E-state index < -0.39 is 5.69 Å². The maximum Gasteiger partial charge on any atom is 0.349 e. The normalized spacial score (nSPS) is 11.5. The Labute approximate surface area is 93.6 Å². The molecule has 80 valence electrons. The fraction of sp³-hybridized carbons (Fsp3) is 0.375. The second kappa shape index (κ2) is 3.34. The summed E-state index contributed by atoms with van der Waals surface area (Å²) >= 11 is 3.38. The number of halogens is 1. The zero-order chi connectivity index (χ0) is 11.2. The van der Waals surface area contributed by atoms with Gasteiger partial charge in [-0.25, -0.2) is 4.79 Å². The lowest BCUT2D eigenvalue weighted by Crippen LogP contribution is -2.16. The predicted octanol–water partition coefficient (Wildman–Crippen LogP) is 0.886. The number of anilines is 1. The Kier molecular flexibility index (Phi) is 2.26. The van der Waals surface area contributed by atoms with E-state index in [0.29, 0.717) is 5.65 Å². The summed E-state index contributed by atoms with van der Waals surface area (Å²) in [4.78, 5) is 17.3. The summed E-state index contributed by atoms with van der Waals surface area (Å²) < 4.78 is 2.17. The number of H-pyrrole nitrogens is 1. The van der Waals surface area contributed by atoms with Crippen LogP contribution in [0.3, 0.4) is 0 Å². The summed E-state index contributed by atoms with van der Waals surface area (Å²) in [5.74, 6) is 0.323. The highest BCUT2D eigenvalue weighted by molar-refractivity contribution is 9.10. The Morgan fingerprint density at radius 1 is 1.53 bits per heavy atom. The van der Waals surface area contributed by atoms with Crippen LogP contribution in [0.1, 0.15) is 25.5 Å². The van der Waals surface area contributed by atoms with E-state index in [1.807, 2.05) is 13.8 Å². The molecule has 2 rings (SSSR count). The van der Waals surface area contributed by atoms with Crippen LogP contribution in [0.15, 0.2) is 9.27 Å². The first-order chi connectivity index (χ1) is 7.00. The molecule has 0 amide bonds. The summed E-state index contributed by atoms with van der Waals surface area (Å²) in [5, 5.41) is 4.26. The first kappa shape index (κ1) is 10.2. The van der Waals surface area contributed by atoms with Gasteiger partial charge in [-0.15, -0.1) is 0 Å². The van der Waals surface area contributed by atoms with Gasteiger partial charge in [0.25, 0.3) is 0 Å². The van der Waals surface area contributed by atoms with Gasteiger partial charge in [0.2, 0.25) is 5.95 Å². The molecule has 0 aromatic carbocycles. The summed E-state index contributed by atoms with van der Waals surface area (Å²) in [7, 11) is 0. The van der Waals surface area contributed by atoms with Crippen molar-refractivity contribution in [2.45, 2.75) is 19.8 Å². The van der Waals surface area contributed by atoms with E-state index in [0.717, 1.165) is 10.2 Å². The standard InChI is InChI=1S/C8H10BrN5O/c1-3(2)5-4(9)6-11-8(15)12-7(10)14(6)13-5/h3H,1-2H3,(H3,10,11,12,15). The van der Waals surface area contributed by atoms with Crippen LogP contribution in [0.4, 0.5) is 5.95 Å². The Hall–Kier alpha value is -1.37. The van der Waals surface area contributed by atoms with Gasteiger partial charge >= 0.3 is 5.69 Å². The molecule has 0 unspecified atom stereocenters. The minimum Gasteiger partial charge on any atom is -0.368 e. The lowest BCUT2D eigenvalue weighted by atomic mass is 10.1. The highest BCUT2D eigenvalue weighted by Gasteiger charge is 2.15. The molecule has 0 spiro atoms. The molecule has 0 fully saturated rings. The van der Waals surface area contributed by atoms with Crippen LogP contribution in [0, 0.1) is 0 Å². The van der Waals surface area contributed by atoms with Gasteiger partial charge in [-0.2, -0.15) is 14.6 Å². The van der Waals surface area contributed by atoms with Crippen LogP contribution in [0.25, 0.3) is 5.65 Å². The van der Waals surface area contributed by atoms with Gasteiger partial charge in [-0.3, -0.25) is 4.98 Å². The maximum atomic E-state index is 11.1. The van der Waals surface area contributed by atoms with E-state index >= 15 is 0 Å². The Balaban J connectivity index is 2.88. The first-order valence-electron chi connectivity index (χ1n) is 4.44. The Morgan fingerprint density at radius 3 is 2.80 bits per heavy atom. The van der Waals surface area contributed by atoms with Gasteiger partial charge < -0.3 is 5.73 Å². The van der Waals surface area contributed by atoms with Crippen molar-refractivity contribution in [3.05, 3.63) is 20.7 Å². The van der Waals surface area contributed by atoms with Gasteiger partial charge in [0.15, 0.2) is 5.65 Å². The number of nitrogens with two attached hydrogens (primary N) is 1. The molecule has 3 N–H and O–H groups in total. The molecule has 2 aromatic rings. The molecule has 2 heterocycles. The van der Waals surface area contributed by atoms with Crippen LogP contribution in [0.2, 0.25) is 0 Å². The van der Waals surface area contributed by atoms with E-state index in [4.69, 9.17) is 5.73 Å². The molecule has 0 saturated carbocycles. The van der Waals surface area contributed by atoms with Crippen molar-refractivity contribution in [1.29, 1.82) is 0 Å². The minimum atomic E-state index is -0.476. The van der Waals surface area contributed by atoms with Gasteiger partial charge in [0.05, 0.1) is 10.2 Å². The lowest BCUT2D eigenvalue weighted by Gasteiger charge is -1.97. The molecule has 7 heteroatoms. The largest absolute Gasteiger partial charge is 0.368 e. The monoisotopic (exact) mass is 271 g/mol. The summed E-state index contributed by atoms with van der Waals surface area (Å²) in [6, 6.07) is 0. The van der Waals surface area contributed by atoms with E-state index in [9.17, 15) is 4.79 Å². The van der Waals surface area contributed by atoms with Crippen LogP contribution in [0.5, 0.6) is 0 Å². The number of aromatic nitrogens is 4. The Bertz CT molecular complexity index is 570. The van der Waals surface area contributed by atoms with Crippen molar-refractivity contribution in [2.75, 3.05) is 5.73 Å². The van der Waals surface area contributed by atoms with Crippen molar-refractivity contribution in [1.82, 2.24) is 19.6 Å². The van der Waals surface area contributed by atoms with E-state index in [1.54, 1.807) is 0 Å². The summed E-state index contributed by atoms with van der Waals surface area (Å²) in [5.41, 5.74) is 6.49. The number of aromatic amines is 1. The second-order valence-corrected chi connectivity index (χ2v) is 4.31. The minimum absolute atomic E-state index is 0.0846. The molecule has 0 saturated heterocycles. The quantitative estimate of drug-likeness (QED) is 0.806. The number of hydrogen-bond acceptors (Lipinski definition) is 4. The molecular weight excluding hydrogens is 262 g/mol. The van der Waals surface area contributed by atoms with E-state index in [1.165, 1.54) is 4.52 Å². The van der Waals surface area contributed by atoms with Crippen LogP contribution in [-0.4, -0.2) is 19.6 Å². The average molecular weight is 272 g/mol. The molecule has 2 aromatic heterocycles. The number of nitrogens with one attached hydrogen (secondary N) is 1. The Morgan fingerprint density at radius 2 is 2.20 bits per heavy atom. The van der Waals surface area contributed by atoms with Gasteiger partial charge in [-0.05, 0) is 21.8 Å². The third-order valence-corrected chi connectivity index (χ3v) is 2.84. The lowest BCUT2D eigenvalue weighted by molar-refractivity contribution is 0.778. The van der Waals surface area contributed by atoms with E-state index in [2.05, 4.69) is 31.0 Å².